The molecule has 0 saturated carbocycles. The first kappa shape index (κ1) is 15.4. The smallest absolute Gasteiger partial charge is 0.246 e. The number of nitrogens with zero attached hydrogens (tertiary/aromatic N) is 1. The first-order chi connectivity index (χ1) is 10.2. The standard InChI is InChI=1S/C17H23NO3/c1-20-15-9-7-14(13-16(15)21-2)8-10-17(19)18-11-5-3-4-6-12-18/h7-10,13H,3-6,11-12H2,1-2H3/b10-8+. The van der Waals surface area contributed by atoms with Crippen LogP contribution in [0.25, 0.3) is 6.08 Å². The lowest BCUT2D eigenvalue weighted by atomic mass is 10.2. The highest BCUT2D eigenvalue weighted by molar-refractivity contribution is 5.91. The van der Waals surface area contributed by atoms with Crippen molar-refractivity contribution in [2.75, 3.05) is 27.3 Å². The summed E-state index contributed by atoms with van der Waals surface area (Å²) in [6, 6.07) is 5.62. The summed E-state index contributed by atoms with van der Waals surface area (Å²) in [7, 11) is 3.21. The number of carbonyl (C=O) groups is 1. The summed E-state index contributed by atoms with van der Waals surface area (Å²) >= 11 is 0. The second-order valence-corrected chi connectivity index (χ2v) is 5.19. The molecule has 114 valence electrons. The van der Waals surface area contributed by atoms with Gasteiger partial charge in [0.1, 0.15) is 0 Å². The monoisotopic (exact) mass is 289 g/mol. The lowest BCUT2D eigenvalue weighted by Crippen LogP contribution is -2.30. The van der Waals surface area contributed by atoms with Gasteiger partial charge in [0, 0.05) is 19.2 Å². The molecule has 0 N–H and O–H groups in total. The van der Waals surface area contributed by atoms with Crippen LogP contribution in [0.1, 0.15) is 31.2 Å². The molecule has 1 aliphatic heterocycles. The maximum Gasteiger partial charge on any atom is 0.246 e. The normalized spacial score (nSPS) is 15.8. The van der Waals surface area contributed by atoms with E-state index in [2.05, 4.69) is 0 Å². The van der Waals surface area contributed by atoms with Crippen LogP contribution >= 0.6 is 0 Å². The van der Waals surface area contributed by atoms with E-state index in [-0.39, 0.29) is 5.91 Å². The van der Waals surface area contributed by atoms with Crippen LogP contribution in [0.4, 0.5) is 0 Å². The van der Waals surface area contributed by atoms with Crippen molar-refractivity contribution in [3.63, 3.8) is 0 Å². The predicted octanol–water partition coefficient (Wildman–Crippen LogP) is 3.12. The summed E-state index contributed by atoms with van der Waals surface area (Å²) in [5.74, 6) is 1.45. The van der Waals surface area contributed by atoms with Gasteiger partial charge in [0.25, 0.3) is 0 Å². The second-order valence-electron chi connectivity index (χ2n) is 5.19. The number of amides is 1. The van der Waals surface area contributed by atoms with Gasteiger partial charge in [-0.2, -0.15) is 0 Å². The molecule has 0 atom stereocenters. The molecular formula is C17H23NO3. The molecule has 0 aromatic heterocycles. The molecule has 0 aliphatic carbocycles. The molecule has 0 spiro atoms. The van der Waals surface area contributed by atoms with E-state index in [1.807, 2.05) is 29.2 Å². The molecule has 4 nitrogen and oxygen atoms in total. The lowest BCUT2D eigenvalue weighted by Gasteiger charge is -2.18. The van der Waals surface area contributed by atoms with Crippen LogP contribution < -0.4 is 9.47 Å². The van der Waals surface area contributed by atoms with Gasteiger partial charge in [0.05, 0.1) is 14.2 Å². The minimum Gasteiger partial charge on any atom is -0.493 e. The Kier molecular flexibility index (Phi) is 5.67. The van der Waals surface area contributed by atoms with E-state index in [1.54, 1.807) is 20.3 Å². The van der Waals surface area contributed by atoms with Crippen LogP contribution in [-0.2, 0) is 4.79 Å². The van der Waals surface area contributed by atoms with Crippen LogP contribution in [0.15, 0.2) is 24.3 Å². The minimum absolute atomic E-state index is 0.0895. The van der Waals surface area contributed by atoms with Crippen molar-refractivity contribution in [2.24, 2.45) is 0 Å². The van der Waals surface area contributed by atoms with Crippen LogP contribution in [0.2, 0.25) is 0 Å². The number of likely N-dealkylation sites (tertiary alicyclic amines) is 1. The number of benzene rings is 1. The number of hydrogen-bond acceptors (Lipinski definition) is 3. The number of rotatable bonds is 4. The van der Waals surface area contributed by atoms with E-state index in [9.17, 15) is 4.79 Å². The van der Waals surface area contributed by atoms with Gasteiger partial charge < -0.3 is 14.4 Å². The topological polar surface area (TPSA) is 38.8 Å². The van der Waals surface area contributed by atoms with Crippen LogP contribution in [0, 0.1) is 0 Å². The third-order valence-electron chi connectivity index (χ3n) is 3.74. The van der Waals surface area contributed by atoms with Crippen LogP contribution in [0.5, 0.6) is 11.5 Å². The molecule has 1 aliphatic rings. The Bertz CT molecular complexity index is 503. The summed E-state index contributed by atoms with van der Waals surface area (Å²) in [5, 5.41) is 0. The predicted molar refractivity (Wildman–Crippen MR) is 83.6 cm³/mol. The van der Waals surface area contributed by atoms with E-state index < -0.39 is 0 Å². The number of carbonyl (C=O) groups excluding carboxylic acids is 1. The highest BCUT2D eigenvalue weighted by Crippen LogP contribution is 2.28. The average Bonchev–Trinajstić information content (AvgIpc) is 2.81. The van der Waals surface area contributed by atoms with E-state index in [0.29, 0.717) is 11.5 Å². The van der Waals surface area contributed by atoms with Gasteiger partial charge in [0.2, 0.25) is 5.91 Å². The fourth-order valence-electron chi connectivity index (χ4n) is 2.52. The summed E-state index contributed by atoms with van der Waals surface area (Å²) in [4.78, 5) is 14.1. The van der Waals surface area contributed by atoms with E-state index in [0.717, 1.165) is 31.5 Å². The van der Waals surface area contributed by atoms with Gasteiger partial charge in [-0.05, 0) is 36.6 Å². The SMILES string of the molecule is COc1ccc(/C=C/C(=O)N2CCCCCC2)cc1OC. The summed E-state index contributed by atoms with van der Waals surface area (Å²) < 4.78 is 10.5. The van der Waals surface area contributed by atoms with Gasteiger partial charge in [0.15, 0.2) is 11.5 Å². The van der Waals surface area contributed by atoms with Gasteiger partial charge in [-0.25, -0.2) is 0 Å². The van der Waals surface area contributed by atoms with Crippen molar-refractivity contribution in [1.82, 2.24) is 4.90 Å². The summed E-state index contributed by atoms with van der Waals surface area (Å²) in [5.41, 5.74) is 0.927. The molecule has 1 amide bonds. The van der Waals surface area contributed by atoms with Crippen LogP contribution in [-0.4, -0.2) is 38.1 Å². The zero-order valence-corrected chi connectivity index (χ0v) is 12.8. The molecule has 0 unspecified atom stereocenters. The van der Waals surface area contributed by atoms with Crippen LogP contribution in [0.3, 0.4) is 0 Å². The van der Waals surface area contributed by atoms with Gasteiger partial charge in [-0.1, -0.05) is 18.9 Å². The molecule has 4 heteroatoms. The van der Waals surface area contributed by atoms with Crippen molar-refractivity contribution in [3.05, 3.63) is 29.8 Å². The maximum atomic E-state index is 12.2. The first-order valence-electron chi connectivity index (χ1n) is 7.43. The first-order valence-corrected chi connectivity index (χ1v) is 7.43. The third-order valence-corrected chi connectivity index (χ3v) is 3.74. The fraction of sp³-hybridized carbons (Fsp3) is 0.471. The molecule has 1 fully saturated rings. The summed E-state index contributed by atoms with van der Waals surface area (Å²) in [6.45, 7) is 1.74. The molecular weight excluding hydrogens is 266 g/mol. The maximum absolute atomic E-state index is 12.2. The van der Waals surface area contributed by atoms with Gasteiger partial charge in [-0.3, -0.25) is 4.79 Å². The molecule has 1 aromatic carbocycles. The number of methoxy groups -OCH3 is 2. The van der Waals surface area contributed by atoms with Crippen molar-refractivity contribution in [3.8, 4) is 11.5 Å². The van der Waals surface area contributed by atoms with Crippen molar-refractivity contribution < 1.29 is 14.3 Å². The summed E-state index contributed by atoms with van der Waals surface area (Å²) in [6.07, 6.45) is 8.14. The Morgan fingerprint density at radius 2 is 1.71 bits per heavy atom. The Labute approximate surface area is 126 Å². The molecule has 0 bridgehead atoms. The highest BCUT2D eigenvalue weighted by Gasteiger charge is 2.12. The molecule has 1 saturated heterocycles. The highest BCUT2D eigenvalue weighted by atomic mass is 16.5. The third kappa shape index (κ3) is 4.25. The molecule has 21 heavy (non-hydrogen) atoms. The molecule has 2 rings (SSSR count). The van der Waals surface area contributed by atoms with Gasteiger partial charge >= 0.3 is 0 Å². The largest absolute Gasteiger partial charge is 0.493 e. The van der Waals surface area contributed by atoms with E-state index in [4.69, 9.17) is 9.47 Å². The van der Waals surface area contributed by atoms with E-state index in [1.165, 1.54) is 12.8 Å². The van der Waals surface area contributed by atoms with Gasteiger partial charge in [-0.15, -0.1) is 0 Å². The van der Waals surface area contributed by atoms with Crippen molar-refractivity contribution in [1.29, 1.82) is 0 Å². The van der Waals surface area contributed by atoms with Crippen molar-refractivity contribution in [2.45, 2.75) is 25.7 Å². The van der Waals surface area contributed by atoms with E-state index >= 15 is 0 Å². The minimum atomic E-state index is 0.0895. The number of hydrogen-bond donors (Lipinski definition) is 0. The average molecular weight is 289 g/mol. The molecule has 1 aromatic rings. The lowest BCUT2D eigenvalue weighted by molar-refractivity contribution is -0.125. The second kappa shape index (κ2) is 7.72. The zero-order chi connectivity index (χ0) is 15.1. The Hall–Kier alpha value is -1.97. The zero-order valence-electron chi connectivity index (χ0n) is 12.8. The number of ether oxygens (including phenoxy) is 2. The Balaban J connectivity index is 2.04. The molecule has 0 radical (unpaired) electrons. The fourth-order valence-corrected chi connectivity index (χ4v) is 2.52. The quantitative estimate of drug-likeness (QED) is 0.799. The van der Waals surface area contributed by atoms with Crippen molar-refractivity contribution >= 4 is 12.0 Å². The Morgan fingerprint density at radius 3 is 2.33 bits per heavy atom. The molecule has 1 heterocycles. The Morgan fingerprint density at radius 1 is 1.05 bits per heavy atom.